The van der Waals surface area contributed by atoms with E-state index in [1.165, 1.54) is 24.3 Å². The van der Waals surface area contributed by atoms with E-state index in [1.807, 2.05) is 40.7 Å². The molecule has 4 N–H and O–H groups in total. The number of benzene rings is 2. The molecule has 10 heteroatoms. The quantitative estimate of drug-likeness (QED) is 0.205. The first kappa shape index (κ1) is 37.3. The summed E-state index contributed by atoms with van der Waals surface area (Å²) in [5.74, 6) is -0.348. The Morgan fingerprint density at radius 1 is 1.09 bits per heavy atom. The molecule has 0 atom stereocenters. The van der Waals surface area contributed by atoms with E-state index in [0.29, 0.717) is 35.4 Å². The molecule has 0 radical (unpaired) electrons. The SMILES string of the molecule is C=CCOc1c(C(=O)Nc2ccc(C=O)cc2)ccc(C=O)c1OC(C)C.CNC1=C(F)C=C(N)CC=C1.COC(C)(C)C. The third-order valence-electron chi connectivity index (χ3n) is 5.61. The van der Waals surface area contributed by atoms with Crippen molar-refractivity contribution in [2.75, 3.05) is 26.1 Å². The Hall–Kier alpha value is -4.70. The summed E-state index contributed by atoms with van der Waals surface area (Å²) in [7, 11) is 3.38. The van der Waals surface area contributed by atoms with Gasteiger partial charge in [0.25, 0.3) is 5.91 Å². The fourth-order valence-corrected chi connectivity index (χ4v) is 3.23. The number of carbonyl (C=O) groups is 3. The van der Waals surface area contributed by atoms with Crippen molar-refractivity contribution < 1.29 is 33.0 Å². The third-order valence-corrected chi connectivity index (χ3v) is 5.61. The maximum Gasteiger partial charge on any atom is 0.259 e. The topological polar surface area (TPSA) is 129 Å². The normalized spacial score (nSPS) is 12.3. The van der Waals surface area contributed by atoms with Crippen molar-refractivity contribution in [1.29, 1.82) is 0 Å². The molecule has 1 aliphatic carbocycles. The lowest BCUT2D eigenvalue weighted by Gasteiger charge is -2.19. The summed E-state index contributed by atoms with van der Waals surface area (Å²) in [6.45, 7) is 13.4. The lowest BCUT2D eigenvalue weighted by Crippen LogP contribution is -2.16. The van der Waals surface area contributed by atoms with Gasteiger partial charge in [0.15, 0.2) is 17.8 Å². The molecule has 0 aliphatic heterocycles. The first-order valence-electron chi connectivity index (χ1n) is 13.9. The van der Waals surface area contributed by atoms with Gasteiger partial charge in [-0.05, 0) is 83.2 Å². The second kappa shape index (κ2) is 18.8. The van der Waals surface area contributed by atoms with Gasteiger partial charge in [0, 0.05) is 37.5 Å². The number of hydrogen-bond donors (Lipinski definition) is 3. The first-order valence-corrected chi connectivity index (χ1v) is 13.9. The number of hydrogen-bond acceptors (Lipinski definition) is 8. The highest BCUT2D eigenvalue weighted by molar-refractivity contribution is 6.07. The second-order valence-corrected chi connectivity index (χ2v) is 10.6. The van der Waals surface area contributed by atoms with Crippen LogP contribution >= 0.6 is 0 Å². The predicted octanol–water partition coefficient (Wildman–Crippen LogP) is 6.54. The first-order chi connectivity index (χ1) is 20.8. The lowest BCUT2D eigenvalue weighted by atomic mass is 10.1. The highest BCUT2D eigenvalue weighted by Gasteiger charge is 2.22. The Bertz CT molecular complexity index is 1360. The molecule has 1 aliphatic rings. The molecule has 0 heterocycles. The Kier molecular flexibility index (Phi) is 15.9. The average Bonchev–Trinajstić information content (AvgIpc) is 3.15. The molecule has 1 amide bonds. The fraction of sp³-hybridized carbons (Fsp3) is 0.324. The summed E-state index contributed by atoms with van der Waals surface area (Å²) in [6.07, 6.45) is 8.15. The van der Waals surface area contributed by atoms with E-state index < -0.39 is 5.91 Å². The van der Waals surface area contributed by atoms with E-state index in [9.17, 15) is 18.8 Å². The zero-order valence-electron chi connectivity index (χ0n) is 26.5. The molecule has 0 fully saturated rings. The minimum atomic E-state index is -0.432. The largest absolute Gasteiger partial charge is 0.486 e. The standard InChI is InChI=1S/C21H21NO5.C8H11FN2.C5H12O/c1-4-11-26-20-18(10-7-16(13-24)19(20)27-14(2)3)21(25)22-17-8-5-15(12-23)6-9-17;1-11-8-4-2-3-6(10)5-7(8)9;1-5(2,3)6-4/h4-10,12-14H,1,11H2,2-3H3,(H,22,25);2,4-5,11H,3,10H2,1H3;1-4H3. The number of nitrogens with one attached hydrogen (secondary N) is 2. The summed E-state index contributed by atoms with van der Waals surface area (Å²) in [4.78, 5) is 34.9. The monoisotopic (exact) mass is 609 g/mol. The molecule has 3 rings (SSSR count). The molecule has 2 aromatic rings. The van der Waals surface area contributed by atoms with Gasteiger partial charge in [0.2, 0.25) is 0 Å². The van der Waals surface area contributed by atoms with Gasteiger partial charge in [0.05, 0.1) is 28.5 Å². The van der Waals surface area contributed by atoms with Crippen LogP contribution in [0.2, 0.25) is 0 Å². The van der Waals surface area contributed by atoms with Crippen LogP contribution in [-0.2, 0) is 4.74 Å². The Morgan fingerprint density at radius 2 is 1.73 bits per heavy atom. The van der Waals surface area contributed by atoms with Crippen LogP contribution < -0.4 is 25.8 Å². The molecular weight excluding hydrogens is 565 g/mol. The molecule has 238 valence electrons. The molecule has 0 unspecified atom stereocenters. The van der Waals surface area contributed by atoms with E-state index in [-0.39, 0.29) is 46.8 Å². The van der Waals surface area contributed by atoms with Gasteiger partial charge in [-0.2, -0.15) is 0 Å². The molecule has 9 nitrogen and oxygen atoms in total. The number of halogens is 1. The van der Waals surface area contributed by atoms with Crippen LogP contribution in [0.1, 0.15) is 72.1 Å². The van der Waals surface area contributed by atoms with Crippen LogP contribution in [0, 0.1) is 0 Å². The predicted molar refractivity (Wildman–Crippen MR) is 173 cm³/mol. The summed E-state index contributed by atoms with van der Waals surface area (Å²) >= 11 is 0. The maximum absolute atomic E-state index is 13.0. The van der Waals surface area contributed by atoms with Gasteiger partial charge in [0.1, 0.15) is 18.7 Å². The fourth-order valence-electron chi connectivity index (χ4n) is 3.23. The molecule has 44 heavy (non-hydrogen) atoms. The van der Waals surface area contributed by atoms with Gasteiger partial charge >= 0.3 is 0 Å². The average molecular weight is 610 g/mol. The lowest BCUT2D eigenvalue weighted by molar-refractivity contribution is 0.0397. The smallest absolute Gasteiger partial charge is 0.259 e. The molecule has 2 aromatic carbocycles. The molecule has 0 bridgehead atoms. The van der Waals surface area contributed by atoms with E-state index >= 15 is 0 Å². The molecule has 0 aromatic heterocycles. The van der Waals surface area contributed by atoms with Gasteiger partial charge in [-0.1, -0.05) is 18.7 Å². The van der Waals surface area contributed by atoms with E-state index in [2.05, 4.69) is 17.2 Å². The van der Waals surface area contributed by atoms with E-state index in [1.54, 1.807) is 44.5 Å². The number of likely N-dealkylation sites (N-methyl/N-ethyl adjacent to an activating group) is 1. The van der Waals surface area contributed by atoms with E-state index in [4.69, 9.17) is 19.9 Å². The van der Waals surface area contributed by atoms with Crippen LogP contribution in [0.15, 0.2) is 84.5 Å². The highest BCUT2D eigenvalue weighted by atomic mass is 19.1. The number of ether oxygens (including phenoxy) is 3. The highest BCUT2D eigenvalue weighted by Crippen LogP contribution is 2.36. The van der Waals surface area contributed by atoms with Crippen molar-refractivity contribution in [3.63, 3.8) is 0 Å². The zero-order chi connectivity index (χ0) is 33.3. The summed E-state index contributed by atoms with van der Waals surface area (Å²) in [5, 5.41) is 5.47. The van der Waals surface area contributed by atoms with Crippen molar-refractivity contribution in [3.05, 3.63) is 101 Å². The van der Waals surface area contributed by atoms with Crippen molar-refractivity contribution in [1.82, 2.24) is 5.32 Å². The van der Waals surface area contributed by atoms with Crippen LogP contribution in [0.4, 0.5) is 10.1 Å². The number of rotatable bonds is 10. The van der Waals surface area contributed by atoms with Gasteiger partial charge in [-0.15, -0.1) is 0 Å². The van der Waals surface area contributed by atoms with Crippen LogP contribution in [-0.4, -0.2) is 50.9 Å². The number of amides is 1. The number of allylic oxidation sites excluding steroid dienone is 4. The van der Waals surface area contributed by atoms with Gasteiger partial charge < -0.3 is 30.6 Å². The van der Waals surface area contributed by atoms with Gasteiger partial charge in [-0.25, -0.2) is 4.39 Å². The third kappa shape index (κ3) is 13.1. The van der Waals surface area contributed by atoms with Crippen LogP contribution in [0.3, 0.4) is 0 Å². The number of anilines is 1. The molecule has 0 spiro atoms. The Balaban J connectivity index is 0.000000465. The number of nitrogens with two attached hydrogens (primary N) is 1. The van der Waals surface area contributed by atoms with Crippen molar-refractivity contribution in [3.8, 4) is 11.5 Å². The molecular formula is C34H44FN3O6. The van der Waals surface area contributed by atoms with Crippen molar-refractivity contribution in [2.45, 2.75) is 52.7 Å². The minimum Gasteiger partial charge on any atom is -0.486 e. The molecule has 0 saturated heterocycles. The minimum absolute atomic E-state index is 0.0417. The van der Waals surface area contributed by atoms with Crippen molar-refractivity contribution >= 4 is 24.2 Å². The van der Waals surface area contributed by atoms with Crippen molar-refractivity contribution in [2.24, 2.45) is 5.73 Å². The summed E-state index contributed by atoms with van der Waals surface area (Å²) in [6, 6.07) is 9.45. The zero-order valence-corrected chi connectivity index (χ0v) is 26.5. The van der Waals surface area contributed by atoms with Gasteiger partial charge in [-0.3, -0.25) is 14.4 Å². The Labute approximate surface area is 259 Å². The Morgan fingerprint density at radius 3 is 2.23 bits per heavy atom. The van der Waals surface area contributed by atoms with E-state index in [0.717, 1.165) is 6.29 Å². The second-order valence-electron chi connectivity index (χ2n) is 10.6. The van der Waals surface area contributed by atoms with Crippen LogP contribution in [0.25, 0.3) is 0 Å². The summed E-state index contributed by atoms with van der Waals surface area (Å²) < 4.78 is 29.3. The maximum atomic E-state index is 13.0. The number of carbonyl (C=O) groups excluding carboxylic acids is 3. The number of aldehydes is 2. The molecule has 0 saturated carbocycles. The van der Waals surface area contributed by atoms with Crippen LogP contribution in [0.5, 0.6) is 11.5 Å². The summed E-state index contributed by atoms with van der Waals surface area (Å²) in [5.41, 5.74) is 8.05. The number of methoxy groups -OCH3 is 1.